The molecule has 0 heterocycles. The maximum Gasteiger partial charge on any atom is 0.242 e. The van der Waals surface area contributed by atoms with Crippen LogP contribution in [0.3, 0.4) is 0 Å². The molecule has 17 heavy (non-hydrogen) atoms. The minimum atomic E-state index is -0.562. The van der Waals surface area contributed by atoms with E-state index in [0.717, 1.165) is 0 Å². The van der Waals surface area contributed by atoms with Crippen LogP contribution in [0.1, 0.15) is 34.6 Å². The lowest BCUT2D eigenvalue weighted by molar-refractivity contribution is -0.133. The van der Waals surface area contributed by atoms with Gasteiger partial charge in [0.05, 0.1) is 0 Å². The first-order valence-corrected chi connectivity index (χ1v) is 5.88. The van der Waals surface area contributed by atoms with E-state index < -0.39 is 11.5 Å². The van der Waals surface area contributed by atoms with Gasteiger partial charge in [0.25, 0.3) is 0 Å². The molecule has 5 nitrogen and oxygen atoms in total. The van der Waals surface area contributed by atoms with E-state index in [0.29, 0.717) is 6.54 Å². The predicted octanol–water partition coefficient (Wildman–Crippen LogP) is 0.282. The van der Waals surface area contributed by atoms with Crippen molar-refractivity contribution in [2.45, 2.75) is 40.7 Å². The van der Waals surface area contributed by atoms with Gasteiger partial charge >= 0.3 is 0 Å². The number of amides is 2. The summed E-state index contributed by atoms with van der Waals surface area (Å²) >= 11 is 0. The van der Waals surface area contributed by atoms with Crippen molar-refractivity contribution in [2.24, 2.45) is 11.3 Å². The highest BCUT2D eigenvalue weighted by atomic mass is 16.3. The maximum atomic E-state index is 11.6. The first-order chi connectivity index (χ1) is 7.68. The Morgan fingerprint density at radius 1 is 1.24 bits per heavy atom. The molecule has 0 aliphatic heterocycles. The summed E-state index contributed by atoms with van der Waals surface area (Å²) in [5, 5.41) is 14.1. The third kappa shape index (κ3) is 6.26. The molecule has 0 fully saturated rings. The van der Waals surface area contributed by atoms with Crippen molar-refractivity contribution < 1.29 is 14.7 Å². The summed E-state index contributed by atoms with van der Waals surface area (Å²) in [6, 6.07) is -0.562. The van der Waals surface area contributed by atoms with Crippen molar-refractivity contribution in [3.63, 3.8) is 0 Å². The lowest BCUT2D eigenvalue weighted by atomic mass is 9.95. The van der Waals surface area contributed by atoms with E-state index in [9.17, 15) is 9.59 Å². The number of nitrogens with one attached hydrogen (secondary N) is 2. The number of hydrogen-bond donors (Lipinski definition) is 3. The van der Waals surface area contributed by atoms with E-state index in [2.05, 4.69) is 10.6 Å². The Labute approximate surface area is 103 Å². The van der Waals surface area contributed by atoms with Crippen molar-refractivity contribution in [1.29, 1.82) is 0 Å². The van der Waals surface area contributed by atoms with Crippen LogP contribution in [0, 0.1) is 11.3 Å². The molecule has 0 bridgehead atoms. The molecule has 0 aromatic rings. The molecule has 0 radical (unpaired) electrons. The molecule has 2 atom stereocenters. The molecule has 0 saturated carbocycles. The second-order valence-electron chi connectivity index (χ2n) is 5.48. The zero-order valence-corrected chi connectivity index (χ0v) is 11.3. The second kappa shape index (κ2) is 6.59. The van der Waals surface area contributed by atoms with Crippen LogP contribution in [-0.2, 0) is 9.59 Å². The number of hydrogen-bond acceptors (Lipinski definition) is 3. The van der Waals surface area contributed by atoms with Gasteiger partial charge in [0.15, 0.2) is 0 Å². The molecular formula is C12H24N2O3. The average Bonchev–Trinajstić information content (AvgIpc) is 2.23. The van der Waals surface area contributed by atoms with E-state index in [4.69, 9.17) is 5.11 Å². The highest BCUT2D eigenvalue weighted by Crippen LogP contribution is 2.12. The van der Waals surface area contributed by atoms with Gasteiger partial charge in [-0.1, -0.05) is 27.7 Å². The molecule has 2 amide bonds. The molecule has 0 aliphatic carbocycles. The molecule has 2 unspecified atom stereocenters. The van der Waals surface area contributed by atoms with Crippen LogP contribution in [0.15, 0.2) is 0 Å². The van der Waals surface area contributed by atoms with Gasteiger partial charge in [-0.2, -0.15) is 0 Å². The molecule has 0 saturated heterocycles. The highest BCUT2D eigenvalue weighted by Gasteiger charge is 2.24. The molecule has 0 spiro atoms. The molecule has 0 rings (SSSR count). The monoisotopic (exact) mass is 244 g/mol. The van der Waals surface area contributed by atoms with Gasteiger partial charge in [0.2, 0.25) is 11.8 Å². The van der Waals surface area contributed by atoms with Gasteiger partial charge in [-0.25, -0.2) is 0 Å². The molecule has 0 aromatic heterocycles. The number of carbonyl (C=O) groups is 2. The Morgan fingerprint density at radius 2 is 1.76 bits per heavy atom. The molecule has 5 heteroatoms. The summed E-state index contributed by atoms with van der Waals surface area (Å²) in [5.74, 6) is -0.372. The van der Waals surface area contributed by atoms with Crippen molar-refractivity contribution in [2.75, 3.05) is 13.2 Å². The Bertz CT molecular complexity index is 271. The third-order valence-corrected chi connectivity index (χ3v) is 2.36. The van der Waals surface area contributed by atoms with Crippen LogP contribution >= 0.6 is 0 Å². The third-order valence-electron chi connectivity index (χ3n) is 2.36. The maximum absolute atomic E-state index is 11.6. The van der Waals surface area contributed by atoms with Crippen LogP contribution in [0.5, 0.6) is 0 Å². The molecule has 3 N–H and O–H groups in total. The van der Waals surface area contributed by atoms with Crippen molar-refractivity contribution in [3.05, 3.63) is 0 Å². The Kier molecular flexibility index (Phi) is 6.16. The van der Waals surface area contributed by atoms with E-state index in [1.54, 1.807) is 27.7 Å². The molecule has 0 aromatic carbocycles. The first kappa shape index (κ1) is 15.9. The Hall–Kier alpha value is -1.10. The van der Waals surface area contributed by atoms with Crippen LogP contribution in [-0.4, -0.2) is 36.1 Å². The summed E-state index contributed by atoms with van der Waals surface area (Å²) in [6.45, 7) is 9.29. The fourth-order valence-corrected chi connectivity index (χ4v) is 0.971. The zero-order valence-electron chi connectivity index (χ0n) is 11.3. The smallest absolute Gasteiger partial charge is 0.242 e. The van der Waals surface area contributed by atoms with Crippen molar-refractivity contribution >= 4 is 11.8 Å². The summed E-state index contributed by atoms with van der Waals surface area (Å²) in [4.78, 5) is 23.3. The van der Waals surface area contributed by atoms with Crippen LogP contribution in [0.2, 0.25) is 0 Å². The van der Waals surface area contributed by atoms with Gasteiger partial charge in [-0.3, -0.25) is 9.59 Å². The minimum absolute atomic E-state index is 0.0180. The fourth-order valence-electron chi connectivity index (χ4n) is 0.971. The summed E-state index contributed by atoms with van der Waals surface area (Å²) in [7, 11) is 0. The standard InChI is InChI=1S/C12H24N2O3/c1-8(7-15)6-13-10(16)9(2)14-11(17)12(3,4)5/h8-9,15H,6-7H2,1-5H3,(H,13,16)(H,14,17). The largest absolute Gasteiger partial charge is 0.396 e. The topological polar surface area (TPSA) is 78.4 Å². The Balaban J connectivity index is 4.11. The number of rotatable bonds is 5. The average molecular weight is 244 g/mol. The van der Waals surface area contributed by atoms with E-state index in [1.165, 1.54) is 0 Å². The zero-order chi connectivity index (χ0) is 13.6. The summed E-state index contributed by atoms with van der Waals surface area (Å²) in [6.07, 6.45) is 0. The normalized spacial score (nSPS) is 14.9. The fraction of sp³-hybridized carbons (Fsp3) is 0.833. The van der Waals surface area contributed by atoms with Crippen molar-refractivity contribution in [1.82, 2.24) is 10.6 Å². The van der Waals surface area contributed by atoms with E-state index in [1.807, 2.05) is 6.92 Å². The van der Waals surface area contributed by atoms with Crippen LogP contribution < -0.4 is 10.6 Å². The van der Waals surface area contributed by atoms with Gasteiger partial charge in [0, 0.05) is 18.6 Å². The highest BCUT2D eigenvalue weighted by molar-refractivity contribution is 5.89. The van der Waals surface area contributed by atoms with E-state index >= 15 is 0 Å². The first-order valence-electron chi connectivity index (χ1n) is 5.88. The SMILES string of the molecule is CC(CO)CNC(=O)C(C)NC(=O)C(C)(C)C. The van der Waals surface area contributed by atoms with Gasteiger partial charge in [0.1, 0.15) is 6.04 Å². The van der Waals surface area contributed by atoms with Crippen LogP contribution in [0.25, 0.3) is 0 Å². The predicted molar refractivity (Wildman–Crippen MR) is 66.3 cm³/mol. The lowest BCUT2D eigenvalue weighted by Gasteiger charge is -2.21. The lowest BCUT2D eigenvalue weighted by Crippen LogP contribution is -2.49. The number of aliphatic hydroxyl groups excluding tert-OH is 1. The Morgan fingerprint density at radius 3 is 2.18 bits per heavy atom. The minimum Gasteiger partial charge on any atom is -0.396 e. The quantitative estimate of drug-likeness (QED) is 0.650. The van der Waals surface area contributed by atoms with Gasteiger partial charge < -0.3 is 15.7 Å². The second-order valence-corrected chi connectivity index (χ2v) is 5.48. The number of carbonyl (C=O) groups excluding carboxylic acids is 2. The summed E-state index contributed by atoms with van der Waals surface area (Å²) in [5.41, 5.74) is -0.507. The van der Waals surface area contributed by atoms with Gasteiger partial charge in [-0.15, -0.1) is 0 Å². The molecule has 100 valence electrons. The summed E-state index contributed by atoms with van der Waals surface area (Å²) < 4.78 is 0. The van der Waals surface area contributed by atoms with Crippen LogP contribution in [0.4, 0.5) is 0 Å². The van der Waals surface area contributed by atoms with Gasteiger partial charge in [-0.05, 0) is 12.8 Å². The number of aliphatic hydroxyl groups is 1. The van der Waals surface area contributed by atoms with Crippen molar-refractivity contribution in [3.8, 4) is 0 Å². The molecule has 0 aliphatic rings. The molecular weight excluding hydrogens is 220 g/mol. The van der Waals surface area contributed by atoms with E-state index in [-0.39, 0.29) is 24.3 Å².